The maximum Gasteiger partial charge on any atom is 0.135 e. The molecule has 2 aliphatic carbocycles. The summed E-state index contributed by atoms with van der Waals surface area (Å²) < 4.78 is 51.2. The number of halogens is 4. The molecule has 0 heterocycles. The Hall–Kier alpha value is -0.280. The average molecular weight is 209 g/mol. The lowest BCUT2D eigenvalue weighted by molar-refractivity contribution is -0.00587. The standard InChI is InChI=1S/C10H13F4/c11-7-2-1-5(3-8(7)12)6-4-9(13)10(6)14/h6-10H,1-4H2. The Labute approximate surface area is 80.7 Å². The van der Waals surface area contributed by atoms with E-state index in [1.165, 1.54) is 0 Å². The minimum atomic E-state index is -1.51. The van der Waals surface area contributed by atoms with Gasteiger partial charge in [0.2, 0.25) is 0 Å². The van der Waals surface area contributed by atoms with E-state index in [4.69, 9.17) is 0 Å². The Morgan fingerprint density at radius 2 is 1.64 bits per heavy atom. The first-order valence-electron chi connectivity index (χ1n) is 5.00. The van der Waals surface area contributed by atoms with Gasteiger partial charge in [0, 0.05) is 5.92 Å². The van der Waals surface area contributed by atoms with Crippen molar-refractivity contribution in [2.45, 2.75) is 50.4 Å². The molecule has 0 nitrogen and oxygen atoms in total. The van der Waals surface area contributed by atoms with E-state index in [9.17, 15) is 17.6 Å². The molecule has 0 aliphatic heterocycles. The van der Waals surface area contributed by atoms with Gasteiger partial charge in [-0.15, -0.1) is 0 Å². The van der Waals surface area contributed by atoms with Crippen LogP contribution in [0.25, 0.3) is 0 Å². The minimum absolute atomic E-state index is 0.0149. The Kier molecular flexibility index (Phi) is 2.71. The smallest absolute Gasteiger partial charge is 0.135 e. The van der Waals surface area contributed by atoms with E-state index in [-0.39, 0.29) is 19.3 Å². The van der Waals surface area contributed by atoms with Gasteiger partial charge < -0.3 is 0 Å². The van der Waals surface area contributed by atoms with Crippen LogP contribution in [0.15, 0.2) is 0 Å². The maximum atomic E-state index is 13.0. The van der Waals surface area contributed by atoms with Crippen LogP contribution in [-0.2, 0) is 0 Å². The van der Waals surface area contributed by atoms with Crippen LogP contribution in [-0.4, -0.2) is 24.7 Å². The van der Waals surface area contributed by atoms with Gasteiger partial charge >= 0.3 is 0 Å². The van der Waals surface area contributed by atoms with E-state index < -0.39 is 30.6 Å². The lowest BCUT2D eigenvalue weighted by Crippen LogP contribution is -2.46. The van der Waals surface area contributed by atoms with Crippen LogP contribution in [0.3, 0.4) is 0 Å². The van der Waals surface area contributed by atoms with Gasteiger partial charge in [0.1, 0.15) is 24.7 Å². The van der Waals surface area contributed by atoms with Crippen molar-refractivity contribution in [1.82, 2.24) is 0 Å². The van der Waals surface area contributed by atoms with Gasteiger partial charge in [-0.2, -0.15) is 0 Å². The monoisotopic (exact) mass is 209 g/mol. The van der Waals surface area contributed by atoms with Gasteiger partial charge in [-0.05, 0) is 31.6 Å². The maximum absolute atomic E-state index is 13.0. The van der Waals surface area contributed by atoms with Crippen molar-refractivity contribution in [3.8, 4) is 0 Å². The zero-order valence-corrected chi connectivity index (χ0v) is 7.73. The fraction of sp³-hybridized carbons (Fsp3) is 0.900. The molecule has 2 rings (SSSR count). The molecule has 0 spiro atoms. The Balaban J connectivity index is 1.88. The summed E-state index contributed by atoms with van der Waals surface area (Å²) >= 11 is 0. The molecule has 4 heteroatoms. The van der Waals surface area contributed by atoms with Crippen LogP contribution < -0.4 is 0 Å². The topological polar surface area (TPSA) is 0 Å². The molecule has 0 amide bonds. The molecule has 0 bridgehead atoms. The van der Waals surface area contributed by atoms with Crippen molar-refractivity contribution in [3.63, 3.8) is 0 Å². The molecule has 0 N–H and O–H groups in total. The fourth-order valence-corrected chi connectivity index (χ4v) is 2.27. The third-order valence-corrected chi connectivity index (χ3v) is 3.32. The second-order valence-corrected chi connectivity index (χ2v) is 4.24. The molecule has 2 fully saturated rings. The number of rotatable bonds is 1. The van der Waals surface area contributed by atoms with E-state index in [0.29, 0.717) is 12.3 Å². The Morgan fingerprint density at radius 3 is 2.14 bits per heavy atom. The molecule has 2 saturated carbocycles. The van der Waals surface area contributed by atoms with E-state index >= 15 is 0 Å². The summed E-state index contributed by atoms with van der Waals surface area (Å²) in [7, 11) is 0. The number of alkyl halides is 4. The van der Waals surface area contributed by atoms with E-state index in [1.54, 1.807) is 0 Å². The van der Waals surface area contributed by atoms with Crippen molar-refractivity contribution in [3.05, 3.63) is 5.92 Å². The minimum Gasteiger partial charge on any atom is -0.244 e. The molecule has 5 unspecified atom stereocenters. The van der Waals surface area contributed by atoms with Gasteiger partial charge in [-0.25, -0.2) is 17.6 Å². The lowest BCUT2D eigenvalue weighted by atomic mass is 9.67. The molecule has 1 radical (unpaired) electrons. The van der Waals surface area contributed by atoms with Crippen LogP contribution >= 0.6 is 0 Å². The highest BCUT2D eigenvalue weighted by atomic mass is 19.2. The molecule has 2 aliphatic rings. The molecule has 81 valence electrons. The van der Waals surface area contributed by atoms with Crippen LogP contribution in [0.1, 0.15) is 25.7 Å². The van der Waals surface area contributed by atoms with Crippen LogP contribution in [0.2, 0.25) is 0 Å². The van der Waals surface area contributed by atoms with Crippen molar-refractivity contribution in [2.75, 3.05) is 0 Å². The summed E-state index contributed by atoms with van der Waals surface area (Å²) in [6.07, 6.45) is -5.13. The van der Waals surface area contributed by atoms with Crippen molar-refractivity contribution in [1.29, 1.82) is 0 Å². The fourth-order valence-electron chi connectivity index (χ4n) is 2.27. The molecule has 0 aromatic heterocycles. The van der Waals surface area contributed by atoms with Crippen LogP contribution in [0, 0.1) is 11.8 Å². The average Bonchev–Trinajstić information content (AvgIpc) is 2.18. The van der Waals surface area contributed by atoms with Crippen LogP contribution in [0.5, 0.6) is 0 Å². The summed E-state index contributed by atoms with van der Waals surface area (Å²) in [5, 5.41) is 0. The third-order valence-electron chi connectivity index (χ3n) is 3.32. The predicted octanol–water partition coefficient (Wildman–Crippen LogP) is 3.12. The van der Waals surface area contributed by atoms with E-state index in [0.717, 1.165) is 0 Å². The quantitative estimate of drug-likeness (QED) is 0.582. The van der Waals surface area contributed by atoms with Gasteiger partial charge in [0.05, 0.1) is 0 Å². The van der Waals surface area contributed by atoms with E-state index in [1.807, 2.05) is 0 Å². The normalized spacial score (nSPS) is 50.1. The number of hydrogen-bond acceptors (Lipinski definition) is 0. The van der Waals surface area contributed by atoms with Gasteiger partial charge in [-0.1, -0.05) is 0 Å². The first-order chi connectivity index (χ1) is 6.59. The SMILES string of the molecule is FC1CC[C](C2CC(F)C2F)CC1F. The predicted molar refractivity (Wildman–Crippen MR) is 44.8 cm³/mol. The summed E-state index contributed by atoms with van der Waals surface area (Å²) in [5.41, 5.74) is 0. The first kappa shape index (κ1) is 10.2. The highest BCUT2D eigenvalue weighted by Gasteiger charge is 2.48. The Bertz CT molecular complexity index is 208. The van der Waals surface area contributed by atoms with Crippen LogP contribution in [0.4, 0.5) is 17.6 Å². The van der Waals surface area contributed by atoms with Gasteiger partial charge in [-0.3, -0.25) is 0 Å². The molecule has 0 aromatic rings. The Morgan fingerprint density at radius 1 is 0.929 bits per heavy atom. The molecule has 5 atom stereocenters. The zero-order chi connectivity index (χ0) is 10.3. The molecular formula is C10H13F4. The summed E-state index contributed by atoms with van der Waals surface area (Å²) in [6, 6.07) is 0. The third kappa shape index (κ3) is 1.63. The summed E-state index contributed by atoms with van der Waals surface area (Å²) in [4.78, 5) is 0. The van der Waals surface area contributed by atoms with Gasteiger partial charge in [0.25, 0.3) is 0 Å². The van der Waals surface area contributed by atoms with Crippen molar-refractivity contribution >= 4 is 0 Å². The first-order valence-corrected chi connectivity index (χ1v) is 5.00. The van der Waals surface area contributed by atoms with Crippen molar-refractivity contribution in [2.24, 2.45) is 5.92 Å². The zero-order valence-electron chi connectivity index (χ0n) is 7.73. The van der Waals surface area contributed by atoms with Gasteiger partial charge in [0.15, 0.2) is 0 Å². The molecule has 14 heavy (non-hydrogen) atoms. The highest BCUT2D eigenvalue weighted by Crippen LogP contribution is 2.46. The highest BCUT2D eigenvalue weighted by molar-refractivity contribution is 5.11. The largest absolute Gasteiger partial charge is 0.244 e. The second-order valence-electron chi connectivity index (χ2n) is 4.24. The molecule has 0 saturated heterocycles. The summed E-state index contributed by atoms with van der Waals surface area (Å²) in [6.45, 7) is 0. The lowest BCUT2D eigenvalue weighted by Gasteiger charge is -2.42. The second kappa shape index (κ2) is 3.70. The van der Waals surface area contributed by atoms with E-state index in [2.05, 4.69) is 0 Å². The molecule has 0 aromatic carbocycles. The molecular weight excluding hydrogens is 196 g/mol. The summed E-state index contributed by atoms with van der Waals surface area (Å²) in [5.74, 6) is 0.239. The number of hydrogen-bond donors (Lipinski definition) is 0. The van der Waals surface area contributed by atoms with Crippen molar-refractivity contribution < 1.29 is 17.6 Å².